The van der Waals surface area contributed by atoms with Crippen LogP contribution in [-0.4, -0.2) is 17.6 Å². The zero-order valence-corrected chi connectivity index (χ0v) is 14.5. The standard InChI is InChI=1S/C22H28N/c1-5-19-13-9-11-15-21(19)17-23(7-3,8-4)18-22-16-12-10-14-20(22)6-2/h5-6,9-16H,1-2,7-8,17-18H2,3-4H3/q+1. The smallest absolute Gasteiger partial charge is 0.105 e. The summed E-state index contributed by atoms with van der Waals surface area (Å²) in [6, 6.07) is 17.2. The van der Waals surface area contributed by atoms with Crippen LogP contribution < -0.4 is 0 Å². The minimum atomic E-state index is 1.03. The molecule has 0 saturated carbocycles. The van der Waals surface area contributed by atoms with Gasteiger partial charge in [-0.15, -0.1) is 0 Å². The van der Waals surface area contributed by atoms with Gasteiger partial charge in [-0.2, -0.15) is 0 Å². The number of hydrogen-bond acceptors (Lipinski definition) is 0. The lowest BCUT2D eigenvalue weighted by Gasteiger charge is -2.38. The maximum Gasteiger partial charge on any atom is 0.105 e. The molecule has 1 nitrogen and oxygen atoms in total. The molecular formula is C22H28N+. The Labute approximate surface area is 141 Å². The average molecular weight is 306 g/mol. The van der Waals surface area contributed by atoms with E-state index in [4.69, 9.17) is 0 Å². The van der Waals surface area contributed by atoms with E-state index in [0.717, 1.165) is 30.7 Å². The van der Waals surface area contributed by atoms with Gasteiger partial charge in [0.05, 0.1) is 13.1 Å². The first-order valence-corrected chi connectivity index (χ1v) is 8.43. The molecule has 0 fully saturated rings. The van der Waals surface area contributed by atoms with Crippen LogP contribution in [0.25, 0.3) is 12.2 Å². The molecule has 0 unspecified atom stereocenters. The zero-order chi connectivity index (χ0) is 16.7. The molecule has 0 aliphatic heterocycles. The highest BCUT2D eigenvalue weighted by atomic mass is 15.3. The van der Waals surface area contributed by atoms with Gasteiger partial charge in [0, 0.05) is 11.1 Å². The second kappa shape index (κ2) is 7.94. The second-order valence-corrected chi connectivity index (χ2v) is 6.10. The third-order valence-corrected chi connectivity index (χ3v) is 4.90. The first kappa shape index (κ1) is 17.2. The van der Waals surface area contributed by atoms with E-state index >= 15 is 0 Å². The monoisotopic (exact) mass is 306 g/mol. The molecule has 0 aliphatic carbocycles. The lowest BCUT2D eigenvalue weighted by molar-refractivity contribution is -0.950. The molecule has 1 heteroatoms. The topological polar surface area (TPSA) is 0 Å². The van der Waals surface area contributed by atoms with Crippen LogP contribution in [0.4, 0.5) is 0 Å². The zero-order valence-electron chi connectivity index (χ0n) is 14.5. The maximum atomic E-state index is 3.96. The Morgan fingerprint density at radius 1 is 0.739 bits per heavy atom. The minimum Gasteiger partial charge on any atom is -0.317 e. The molecule has 0 atom stereocenters. The Hall–Kier alpha value is -2.12. The van der Waals surface area contributed by atoms with Crippen molar-refractivity contribution in [2.45, 2.75) is 26.9 Å². The largest absolute Gasteiger partial charge is 0.317 e. The van der Waals surface area contributed by atoms with Gasteiger partial charge in [-0.3, -0.25) is 0 Å². The fourth-order valence-electron chi connectivity index (χ4n) is 3.20. The normalized spacial score (nSPS) is 11.2. The Morgan fingerprint density at radius 2 is 1.13 bits per heavy atom. The molecule has 0 aromatic heterocycles. The summed E-state index contributed by atoms with van der Waals surface area (Å²) < 4.78 is 1.04. The van der Waals surface area contributed by atoms with Crippen LogP contribution >= 0.6 is 0 Å². The van der Waals surface area contributed by atoms with Crippen molar-refractivity contribution in [2.75, 3.05) is 13.1 Å². The number of quaternary nitrogens is 1. The van der Waals surface area contributed by atoms with Crippen molar-refractivity contribution in [2.24, 2.45) is 0 Å². The highest BCUT2D eigenvalue weighted by molar-refractivity contribution is 5.52. The van der Waals surface area contributed by atoms with Crippen molar-refractivity contribution in [1.82, 2.24) is 0 Å². The third-order valence-electron chi connectivity index (χ3n) is 4.90. The van der Waals surface area contributed by atoms with Gasteiger partial charge in [0.2, 0.25) is 0 Å². The summed E-state index contributed by atoms with van der Waals surface area (Å²) in [4.78, 5) is 0. The molecule has 0 radical (unpaired) electrons. The highest BCUT2D eigenvalue weighted by Gasteiger charge is 2.25. The number of benzene rings is 2. The van der Waals surface area contributed by atoms with Crippen LogP contribution in [0.3, 0.4) is 0 Å². The SMILES string of the molecule is C=Cc1ccccc1C[N+](CC)(CC)Cc1ccccc1C=C. The fourth-order valence-corrected chi connectivity index (χ4v) is 3.20. The van der Waals surface area contributed by atoms with Crippen LogP contribution in [0.2, 0.25) is 0 Å². The molecule has 2 aromatic carbocycles. The van der Waals surface area contributed by atoms with Crippen LogP contribution in [0, 0.1) is 0 Å². The van der Waals surface area contributed by atoms with E-state index in [1.165, 1.54) is 22.3 Å². The van der Waals surface area contributed by atoms with Crippen LogP contribution in [-0.2, 0) is 13.1 Å². The van der Waals surface area contributed by atoms with Gasteiger partial charge in [-0.1, -0.05) is 73.8 Å². The number of hydrogen-bond donors (Lipinski definition) is 0. The summed E-state index contributed by atoms with van der Waals surface area (Å²) in [7, 11) is 0. The van der Waals surface area contributed by atoms with E-state index in [-0.39, 0.29) is 0 Å². The summed E-state index contributed by atoms with van der Waals surface area (Å²) in [5, 5.41) is 0. The molecule has 0 heterocycles. The molecule has 0 N–H and O–H groups in total. The lowest BCUT2D eigenvalue weighted by atomic mass is 10.0. The molecule has 0 amide bonds. The van der Waals surface area contributed by atoms with E-state index < -0.39 is 0 Å². The van der Waals surface area contributed by atoms with Crippen molar-refractivity contribution in [3.63, 3.8) is 0 Å². The highest BCUT2D eigenvalue weighted by Crippen LogP contribution is 2.24. The van der Waals surface area contributed by atoms with E-state index in [1.807, 2.05) is 12.2 Å². The number of nitrogens with zero attached hydrogens (tertiary/aromatic N) is 1. The summed E-state index contributed by atoms with van der Waals surface area (Å²) in [5.41, 5.74) is 5.24. The first-order chi connectivity index (χ1) is 11.2. The Morgan fingerprint density at radius 3 is 1.48 bits per heavy atom. The molecule has 0 saturated heterocycles. The Bertz CT molecular complexity index is 610. The third kappa shape index (κ3) is 4.00. The molecule has 2 rings (SSSR count). The van der Waals surface area contributed by atoms with Gasteiger partial charge >= 0.3 is 0 Å². The fraction of sp³-hybridized carbons (Fsp3) is 0.273. The van der Waals surface area contributed by atoms with Gasteiger partial charge < -0.3 is 4.48 Å². The van der Waals surface area contributed by atoms with Gasteiger partial charge in [0.25, 0.3) is 0 Å². The van der Waals surface area contributed by atoms with Crippen molar-refractivity contribution in [3.8, 4) is 0 Å². The van der Waals surface area contributed by atoms with Gasteiger partial charge in [-0.05, 0) is 25.0 Å². The van der Waals surface area contributed by atoms with Crippen LogP contribution in [0.15, 0.2) is 61.7 Å². The van der Waals surface area contributed by atoms with Crippen LogP contribution in [0.5, 0.6) is 0 Å². The van der Waals surface area contributed by atoms with Gasteiger partial charge in [0.15, 0.2) is 0 Å². The maximum absolute atomic E-state index is 3.96. The van der Waals surface area contributed by atoms with E-state index in [2.05, 4.69) is 75.5 Å². The number of rotatable bonds is 8. The average Bonchev–Trinajstić information content (AvgIpc) is 2.62. The Kier molecular flexibility index (Phi) is 5.95. The molecule has 2 aromatic rings. The summed E-state index contributed by atoms with van der Waals surface area (Å²) in [6.45, 7) is 16.8. The van der Waals surface area contributed by atoms with Crippen molar-refractivity contribution in [3.05, 3.63) is 83.9 Å². The molecule has 23 heavy (non-hydrogen) atoms. The van der Waals surface area contributed by atoms with Crippen molar-refractivity contribution in [1.29, 1.82) is 0 Å². The Balaban J connectivity index is 2.35. The lowest BCUT2D eigenvalue weighted by Crippen LogP contribution is -2.46. The van der Waals surface area contributed by atoms with Crippen LogP contribution in [0.1, 0.15) is 36.1 Å². The van der Waals surface area contributed by atoms with E-state index in [0.29, 0.717) is 0 Å². The van der Waals surface area contributed by atoms with Gasteiger partial charge in [0.1, 0.15) is 13.1 Å². The predicted octanol–water partition coefficient (Wildman–Crippen LogP) is 5.53. The molecule has 0 aliphatic rings. The molecule has 0 bridgehead atoms. The molecular weight excluding hydrogens is 278 g/mol. The summed E-state index contributed by atoms with van der Waals surface area (Å²) >= 11 is 0. The van der Waals surface area contributed by atoms with E-state index in [1.54, 1.807) is 0 Å². The first-order valence-electron chi connectivity index (χ1n) is 8.43. The van der Waals surface area contributed by atoms with Gasteiger partial charge in [-0.25, -0.2) is 0 Å². The summed E-state index contributed by atoms with van der Waals surface area (Å²) in [6.07, 6.45) is 3.93. The minimum absolute atomic E-state index is 1.03. The van der Waals surface area contributed by atoms with E-state index in [9.17, 15) is 0 Å². The van der Waals surface area contributed by atoms with Crippen molar-refractivity contribution < 1.29 is 4.48 Å². The predicted molar refractivity (Wildman–Crippen MR) is 102 cm³/mol. The van der Waals surface area contributed by atoms with Crippen molar-refractivity contribution >= 4 is 12.2 Å². The quantitative estimate of drug-likeness (QED) is 0.563. The second-order valence-electron chi connectivity index (χ2n) is 6.10. The summed E-state index contributed by atoms with van der Waals surface area (Å²) in [5.74, 6) is 0. The molecule has 0 spiro atoms. The molecule has 120 valence electrons.